The molecule has 8 heteroatoms. The number of aromatic nitrogens is 2. The lowest BCUT2D eigenvalue weighted by Crippen LogP contribution is -2.44. The van der Waals surface area contributed by atoms with E-state index in [0.29, 0.717) is 31.2 Å². The van der Waals surface area contributed by atoms with Crippen molar-refractivity contribution in [2.24, 2.45) is 5.92 Å². The average molecular weight is 406 g/mol. The Labute approximate surface area is 170 Å². The van der Waals surface area contributed by atoms with Crippen LogP contribution in [0.25, 0.3) is 0 Å². The Morgan fingerprint density at radius 2 is 2.14 bits per heavy atom. The molecule has 1 aliphatic rings. The maximum Gasteiger partial charge on any atom is 0.275 e. The molecule has 0 unspecified atom stereocenters. The fraction of sp³-hybridized carbons (Fsp3) is 0.550. The van der Waals surface area contributed by atoms with Gasteiger partial charge in [-0.2, -0.15) is 8.75 Å². The van der Waals surface area contributed by atoms with Crippen molar-refractivity contribution < 1.29 is 9.18 Å². The van der Waals surface area contributed by atoms with Crippen molar-refractivity contribution in [3.05, 3.63) is 47.5 Å². The maximum absolute atomic E-state index is 14.0. The standard InChI is InChI=1S/C20H28FN5OS/c1-24(2)10-11-26(20(27)19-12-22-28-23-19)14-16-6-5-9-25(13-16)15-17-7-3-4-8-18(17)21/h3-4,7-8,12,16H,5-6,9-11,13-15H2,1-2H3/t16-/m1/s1. The molecule has 0 bridgehead atoms. The number of carbonyl (C=O) groups excluding carboxylic acids is 1. The van der Waals surface area contributed by atoms with Crippen LogP contribution in [0.15, 0.2) is 30.5 Å². The molecule has 28 heavy (non-hydrogen) atoms. The molecule has 0 aliphatic carbocycles. The molecule has 6 nitrogen and oxygen atoms in total. The molecule has 1 amide bonds. The van der Waals surface area contributed by atoms with Crippen LogP contribution in [0.4, 0.5) is 4.39 Å². The SMILES string of the molecule is CN(C)CCN(C[C@@H]1CCCN(Cc2ccccc2F)C1)C(=O)c1cnsn1. The predicted molar refractivity (Wildman–Crippen MR) is 109 cm³/mol. The van der Waals surface area contributed by atoms with Crippen LogP contribution in [-0.2, 0) is 6.54 Å². The topological polar surface area (TPSA) is 52.6 Å². The molecule has 152 valence electrons. The zero-order valence-electron chi connectivity index (χ0n) is 16.6. The summed E-state index contributed by atoms with van der Waals surface area (Å²) in [5, 5.41) is 0. The molecule has 1 fully saturated rings. The minimum atomic E-state index is -0.150. The Morgan fingerprint density at radius 3 is 2.86 bits per heavy atom. The van der Waals surface area contributed by atoms with Gasteiger partial charge in [0.05, 0.1) is 17.9 Å². The van der Waals surface area contributed by atoms with Gasteiger partial charge in [-0.25, -0.2) is 4.39 Å². The molecule has 2 aromatic rings. The monoisotopic (exact) mass is 405 g/mol. The summed E-state index contributed by atoms with van der Waals surface area (Å²) in [5.74, 6) is 0.170. The number of nitrogens with zero attached hydrogens (tertiary/aromatic N) is 5. The lowest BCUT2D eigenvalue weighted by atomic mass is 9.96. The largest absolute Gasteiger partial charge is 0.336 e. The number of halogens is 1. The first-order chi connectivity index (χ1) is 13.5. The van der Waals surface area contributed by atoms with E-state index in [2.05, 4.69) is 18.5 Å². The summed E-state index contributed by atoms with van der Waals surface area (Å²) in [4.78, 5) is 19.1. The first-order valence-electron chi connectivity index (χ1n) is 9.70. The molecule has 1 aromatic carbocycles. The van der Waals surface area contributed by atoms with Crippen LogP contribution in [0.5, 0.6) is 0 Å². The fourth-order valence-electron chi connectivity index (χ4n) is 3.64. The van der Waals surface area contributed by atoms with E-state index in [1.807, 2.05) is 31.1 Å². The third-order valence-corrected chi connectivity index (χ3v) is 5.60. The minimum absolute atomic E-state index is 0.0539. The van der Waals surface area contributed by atoms with Crippen molar-refractivity contribution in [3.8, 4) is 0 Å². The summed E-state index contributed by atoms with van der Waals surface area (Å²) in [7, 11) is 4.01. The van der Waals surface area contributed by atoms with E-state index in [-0.39, 0.29) is 11.7 Å². The molecule has 0 N–H and O–H groups in total. The van der Waals surface area contributed by atoms with Gasteiger partial charge in [0.15, 0.2) is 5.69 Å². The van der Waals surface area contributed by atoms with Gasteiger partial charge in [0.2, 0.25) is 0 Å². The quantitative estimate of drug-likeness (QED) is 0.676. The van der Waals surface area contributed by atoms with E-state index < -0.39 is 0 Å². The van der Waals surface area contributed by atoms with E-state index in [1.54, 1.807) is 12.3 Å². The molecule has 0 saturated carbocycles. The van der Waals surface area contributed by atoms with Crippen molar-refractivity contribution >= 4 is 17.6 Å². The Bertz CT molecular complexity index is 755. The highest BCUT2D eigenvalue weighted by Gasteiger charge is 2.26. The molecule has 1 aliphatic heterocycles. The van der Waals surface area contributed by atoms with E-state index >= 15 is 0 Å². The summed E-state index contributed by atoms with van der Waals surface area (Å²) in [6.07, 6.45) is 3.68. The molecule has 2 heterocycles. The van der Waals surface area contributed by atoms with Crippen LogP contribution in [0.3, 0.4) is 0 Å². The van der Waals surface area contributed by atoms with Crippen molar-refractivity contribution in [2.45, 2.75) is 19.4 Å². The first kappa shape index (κ1) is 20.8. The summed E-state index contributed by atoms with van der Waals surface area (Å²) in [6, 6.07) is 6.96. The Hall–Kier alpha value is -1.90. The second-order valence-corrected chi connectivity index (χ2v) is 8.24. The average Bonchev–Trinajstić information content (AvgIpc) is 3.21. The number of rotatable bonds is 8. The number of carbonyl (C=O) groups is 1. The molecular formula is C20H28FN5OS. The van der Waals surface area contributed by atoms with Crippen LogP contribution in [0.1, 0.15) is 28.9 Å². The zero-order valence-corrected chi connectivity index (χ0v) is 17.4. The zero-order chi connectivity index (χ0) is 19.9. The Kier molecular flexibility index (Phi) is 7.47. The number of piperidine rings is 1. The molecule has 1 atom stereocenters. The molecule has 3 rings (SSSR count). The minimum Gasteiger partial charge on any atom is -0.336 e. The highest BCUT2D eigenvalue weighted by Crippen LogP contribution is 2.21. The van der Waals surface area contributed by atoms with Crippen molar-refractivity contribution in [1.29, 1.82) is 0 Å². The van der Waals surface area contributed by atoms with Gasteiger partial charge in [0, 0.05) is 38.3 Å². The van der Waals surface area contributed by atoms with Gasteiger partial charge in [-0.05, 0) is 45.5 Å². The highest BCUT2D eigenvalue weighted by atomic mass is 32.1. The lowest BCUT2D eigenvalue weighted by molar-refractivity contribution is 0.0655. The van der Waals surface area contributed by atoms with Crippen molar-refractivity contribution in [3.63, 3.8) is 0 Å². The summed E-state index contributed by atoms with van der Waals surface area (Å²) < 4.78 is 22.1. The number of hydrogen-bond donors (Lipinski definition) is 0. The molecule has 1 aromatic heterocycles. The first-order valence-corrected chi connectivity index (χ1v) is 10.4. The van der Waals surface area contributed by atoms with E-state index in [4.69, 9.17) is 0 Å². The lowest BCUT2D eigenvalue weighted by Gasteiger charge is -2.36. The predicted octanol–water partition coefficient (Wildman–Crippen LogP) is 2.59. The third-order valence-electron chi connectivity index (χ3n) is 5.12. The van der Waals surface area contributed by atoms with Gasteiger partial charge in [0.25, 0.3) is 5.91 Å². The molecule has 0 spiro atoms. The molecule has 0 radical (unpaired) electrons. The van der Waals surface area contributed by atoms with Crippen LogP contribution in [0, 0.1) is 11.7 Å². The van der Waals surface area contributed by atoms with E-state index in [9.17, 15) is 9.18 Å². The number of likely N-dealkylation sites (tertiary alicyclic amines) is 1. The number of hydrogen-bond acceptors (Lipinski definition) is 6. The highest BCUT2D eigenvalue weighted by molar-refractivity contribution is 6.99. The van der Waals surface area contributed by atoms with Gasteiger partial charge < -0.3 is 9.80 Å². The third kappa shape index (κ3) is 5.80. The summed E-state index contributed by atoms with van der Waals surface area (Å²) in [5.41, 5.74) is 1.15. The van der Waals surface area contributed by atoms with E-state index in [0.717, 1.165) is 49.8 Å². The van der Waals surface area contributed by atoms with Crippen molar-refractivity contribution in [2.75, 3.05) is 46.8 Å². The van der Waals surface area contributed by atoms with Crippen LogP contribution < -0.4 is 0 Å². The Morgan fingerprint density at radius 1 is 1.32 bits per heavy atom. The van der Waals surface area contributed by atoms with Gasteiger partial charge in [0.1, 0.15) is 5.82 Å². The number of amides is 1. The van der Waals surface area contributed by atoms with Crippen LogP contribution in [-0.4, -0.2) is 76.2 Å². The Balaban J connectivity index is 1.62. The maximum atomic E-state index is 14.0. The summed E-state index contributed by atoms with van der Waals surface area (Å²) in [6.45, 7) is 4.60. The van der Waals surface area contributed by atoms with E-state index in [1.165, 1.54) is 6.07 Å². The molecular weight excluding hydrogens is 377 g/mol. The number of likely N-dealkylation sites (N-methyl/N-ethyl adjacent to an activating group) is 1. The summed E-state index contributed by atoms with van der Waals surface area (Å²) >= 11 is 1.06. The number of benzene rings is 1. The van der Waals surface area contributed by atoms with Crippen LogP contribution in [0.2, 0.25) is 0 Å². The normalized spacial score (nSPS) is 17.8. The van der Waals surface area contributed by atoms with Crippen molar-refractivity contribution in [1.82, 2.24) is 23.4 Å². The van der Waals surface area contributed by atoms with Gasteiger partial charge >= 0.3 is 0 Å². The smallest absolute Gasteiger partial charge is 0.275 e. The second kappa shape index (κ2) is 10.0. The molecule has 1 saturated heterocycles. The van der Waals surface area contributed by atoms with Crippen LogP contribution >= 0.6 is 11.7 Å². The van der Waals surface area contributed by atoms with Gasteiger partial charge in [-0.3, -0.25) is 9.69 Å². The van der Waals surface area contributed by atoms with Gasteiger partial charge in [-0.1, -0.05) is 18.2 Å². The second-order valence-electron chi connectivity index (χ2n) is 7.68. The van der Waals surface area contributed by atoms with Gasteiger partial charge in [-0.15, -0.1) is 0 Å². The fourth-order valence-corrected chi connectivity index (χ4v) is 4.05.